The van der Waals surface area contributed by atoms with Crippen LogP contribution < -0.4 is 0 Å². The summed E-state index contributed by atoms with van der Waals surface area (Å²) in [6.07, 6.45) is 0.806. The van der Waals surface area contributed by atoms with Gasteiger partial charge in [0.25, 0.3) is 0 Å². The van der Waals surface area contributed by atoms with Crippen LogP contribution in [0.4, 0.5) is 11.4 Å². The first-order valence-corrected chi connectivity index (χ1v) is 5.31. The molecule has 2 aromatic carbocycles. The zero-order chi connectivity index (χ0) is 12.1. The van der Waals surface area contributed by atoms with E-state index in [1.54, 1.807) is 24.3 Å². The van der Waals surface area contributed by atoms with Gasteiger partial charge in [-0.05, 0) is 43.3 Å². The Balaban J connectivity index is 2.14. The molecule has 0 N–H and O–H groups in total. The van der Waals surface area contributed by atoms with Crippen molar-refractivity contribution in [1.29, 1.82) is 0 Å². The Kier molecular flexibility index (Phi) is 3.40. The largest absolute Gasteiger partial charge is 0.298 e. The smallest absolute Gasteiger partial charge is 0.150 e. The maximum Gasteiger partial charge on any atom is 0.150 e. The van der Waals surface area contributed by atoms with Crippen LogP contribution >= 0.6 is 0 Å². The number of carbonyl (C=O) groups is 1. The van der Waals surface area contributed by atoms with Crippen LogP contribution in [0.3, 0.4) is 0 Å². The molecule has 2 rings (SSSR count). The normalized spacial score (nSPS) is 10.6. The van der Waals surface area contributed by atoms with E-state index in [0.29, 0.717) is 5.56 Å². The number of carbonyl (C=O) groups excluding carboxylic acids is 1. The summed E-state index contributed by atoms with van der Waals surface area (Å²) in [5.74, 6) is 0. The topological polar surface area (TPSA) is 41.8 Å². The average molecular weight is 224 g/mol. The molecule has 17 heavy (non-hydrogen) atoms. The Morgan fingerprint density at radius 1 is 0.824 bits per heavy atom. The van der Waals surface area contributed by atoms with Gasteiger partial charge in [0.15, 0.2) is 0 Å². The van der Waals surface area contributed by atoms with E-state index in [1.807, 2.05) is 31.2 Å². The lowest BCUT2D eigenvalue weighted by atomic mass is 10.2. The van der Waals surface area contributed by atoms with E-state index >= 15 is 0 Å². The van der Waals surface area contributed by atoms with Gasteiger partial charge in [-0.15, -0.1) is 0 Å². The van der Waals surface area contributed by atoms with Gasteiger partial charge in [-0.3, -0.25) is 4.79 Å². The van der Waals surface area contributed by atoms with Crippen molar-refractivity contribution in [1.82, 2.24) is 0 Å². The van der Waals surface area contributed by atoms with E-state index in [4.69, 9.17) is 0 Å². The molecule has 84 valence electrons. The maximum absolute atomic E-state index is 10.5. The number of hydrogen-bond acceptors (Lipinski definition) is 3. The fourth-order valence-corrected chi connectivity index (χ4v) is 1.35. The highest BCUT2D eigenvalue weighted by Crippen LogP contribution is 2.18. The molecule has 0 aromatic heterocycles. The Bertz CT molecular complexity index is 527. The molecule has 0 radical (unpaired) electrons. The first-order chi connectivity index (χ1) is 8.28. The number of benzene rings is 2. The first kappa shape index (κ1) is 11.2. The van der Waals surface area contributed by atoms with Gasteiger partial charge in [0.2, 0.25) is 0 Å². The zero-order valence-corrected chi connectivity index (χ0v) is 9.50. The van der Waals surface area contributed by atoms with Gasteiger partial charge in [-0.1, -0.05) is 17.7 Å². The summed E-state index contributed by atoms with van der Waals surface area (Å²) in [7, 11) is 0. The van der Waals surface area contributed by atoms with Gasteiger partial charge in [-0.25, -0.2) is 0 Å². The number of azo groups is 1. The minimum absolute atomic E-state index is 0.638. The third-order valence-corrected chi connectivity index (χ3v) is 2.34. The van der Waals surface area contributed by atoms with E-state index in [-0.39, 0.29) is 0 Å². The highest BCUT2D eigenvalue weighted by molar-refractivity contribution is 5.75. The van der Waals surface area contributed by atoms with Crippen LogP contribution in [0.15, 0.2) is 58.8 Å². The first-order valence-electron chi connectivity index (χ1n) is 5.31. The van der Waals surface area contributed by atoms with Crippen molar-refractivity contribution in [3.63, 3.8) is 0 Å². The van der Waals surface area contributed by atoms with Crippen molar-refractivity contribution in [2.75, 3.05) is 0 Å². The fourth-order valence-electron chi connectivity index (χ4n) is 1.35. The SMILES string of the molecule is Cc1ccc(N=Nc2ccc(C=O)cc2)cc1. The molecular weight excluding hydrogens is 212 g/mol. The molecule has 0 aliphatic heterocycles. The standard InChI is InChI=1S/C14H12N2O/c1-11-2-6-13(7-3-11)15-16-14-8-4-12(10-17)5-9-14/h2-10H,1H3. The van der Waals surface area contributed by atoms with Crippen molar-refractivity contribution in [2.24, 2.45) is 10.2 Å². The average Bonchev–Trinajstić information content (AvgIpc) is 2.39. The number of hydrogen-bond donors (Lipinski definition) is 0. The molecule has 0 saturated heterocycles. The van der Waals surface area contributed by atoms with Gasteiger partial charge in [-0.2, -0.15) is 10.2 Å². The number of rotatable bonds is 3. The van der Waals surface area contributed by atoms with Crippen LogP contribution in [-0.2, 0) is 0 Å². The summed E-state index contributed by atoms with van der Waals surface area (Å²) in [6, 6.07) is 14.8. The quantitative estimate of drug-likeness (QED) is 0.568. The molecule has 0 aliphatic carbocycles. The third kappa shape index (κ3) is 3.08. The summed E-state index contributed by atoms with van der Waals surface area (Å²) in [5.41, 5.74) is 3.38. The minimum atomic E-state index is 0.638. The van der Waals surface area contributed by atoms with Gasteiger partial charge < -0.3 is 0 Å². The van der Waals surface area contributed by atoms with Crippen LogP contribution in [0.1, 0.15) is 15.9 Å². The Morgan fingerprint density at radius 3 is 1.76 bits per heavy atom. The lowest BCUT2D eigenvalue weighted by Crippen LogP contribution is -1.75. The van der Waals surface area contributed by atoms with Crippen molar-refractivity contribution in [3.05, 3.63) is 59.7 Å². The van der Waals surface area contributed by atoms with Crippen molar-refractivity contribution in [2.45, 2.75) is 6.92 Å². The highest BCUT2D eigenvalue weighted by atomic mass is 16.1. The molecule has 0 heterocycles. The summed E-state index contributed by atoms with van der Waals surface area (Å²) >= 11 is 0. The van der Waals surface area contributed by atoms with Gasteiger partial charge in [0, 0.05) is 5.56 Å². The van der Waals surface area contributed by atoms with Crippen LogP contribution in [0.25, 0.3) is 0 Å². The second-order valence-electron chi connectivity index (χ2n) is 3.74. The second kappa shape index (κ2) is 5.16. The van der Waals surface area contributed by atoms with Crippen LogP contribution in [0, 0.1) is 6.92 Å². The van der Waals surface area contributed by atoms with E-state index in [0.717, 1.165) is 17.7 Å². The second-order valence-corrected chi connectivity index (χ2v) is 3.74. The fraction of sp³-hybridized carbons (Fsp3) is 0.0714. The highest BCUT2D eigenvalue weighted by Gasteiger charge is 1.92. The predicted octanol–water partition coefficient (Wildman–Crippen LogP) is 4.22. The molecule has 0 aliphatic rings. The molecule has 0 atom stereocenters. The van der Waals surface area contributed by atoms with Crippen LogP contribution in [0.5, 0.6) is 0 Å². The Labute approximate surface area is 99.8 Å². The summed E-state index contributed by atoms with van der Waals surface area (Å²) < 4.78 is 0. The molecule has 0 bridgehead atoms. The zero-order valence-electron chi connectivity index (χ0n) is 9.50. The van der Waals surface area contributed by atoms with Crippen molar-refractivity contribution in [3.8, 4) is 0 Å². The van der Waals surface area contributed by atoms with E-state index in [9.17, 15) is 4.79 Å². The summed E-state index contributed by atoms with van der Waals surface area (Å²) in [5, 5.41) is 8.20. The van der Waals surface area contributed by atoms with Crippen LogP contribution in [0.2, 0.25) is 0 Å². The molecular formula is C14H12N2O. The lowest BCUT2D eigenvalue weighted by molar-refractivity contribution is 0.112. The number of aldehydes is 1. The van der Waals surface area contributed by atoms with E-state index < -0.39 is 0 Å². The maximum atomic E-state index is 10.5. The Morgan fingerprint density at radius 2 is 1.29 bits per heavy atom. The molecule has 0 fully saturated rings. The van der Waals surface area contributed by atoms with Gasteiger partial charge in [0.1, 0.15) is 6.29 Å². The molecule has 0 amide bonds. The van der Waals surface area contributed by atoms with Crippen molar-refractivity contribution >= 4 is 17.7 Å². The van der Waals surface area contributed by atoms with Crippen LogP contribution in [-0.4, -0.2) is 6.29 Å². The van der Waals surface area contributed by atoms with Gasteiger partial charge >= 0.3 is 0 Å². The summed E-state index contributed by atoms with van der Waals surface area (Å²) in [4.78, 5) is 10.5. The number of nitrogens with zero attached hydrogens (tertiary/aromatic N) is 2. The molecule has 0 saturated carbocycles. The van der Waals surface area contributed by atoms with E-state index in [2.05, 4.69) is 10.2 Å². The number of aryl methyl sites for hydroxylation is 1. The van der Waals surface area contributed by atoms with Crippen molar-refractivity contribution < 1.29 is 4.79 Å². The molecule has 0 spiro atoms. The van der Waals surface area contributed by atoms with E-state index in [1.165, 1.54) is 5.56 Å². The molecule has 2 aromatic rings. The summed E-state index contributed by atoms with van der Waals surface area (Å²) in [6.45, 7) is 2.03. The third-order valence-electron chi connectivity index (χ3n) is 2.34. The molecule has 0 unspecified atom stereocenters. The molecule has 3 nitrogen and oxygen atoms in total. The molecule has 3 heteroatoms. The predicted molar refractivity (Wildman–Crippen MR) is 67.2 cm³/mol. The lowest BCUT2D eigenvalue weighted by Gasteiger charge is -1.95. The van der Waals surface area contributed by atoms with Gasteiger partial charge in [0.05, 0.1) is 11.4 Å². The monoisotopic (exact) mass is 224 g/mol. The minimum Gasteiger partial charge on any atom is -0.298 e. The Hall–Kier alpha value is -2.29.